The van der Waals surface area contributed by atoms with Gasteiger partial charge in [-0.15, -0.1) is 11.3 Å². The van der Waals surface area contributed by atoms with Gasteiger partial charge < -0.3 is 14.6 Å². The average Bonchev–Trinajstić information content (AvgIpc) is 3.05. The lowest BCUT2D eigenvalue weighted by Crippen LogP contribution is -2.13. The SMILES string of the molecule is COc1cc(CC(C(=O)O)c2cccs2)cc([N+](=O)[O-])c1OC. The van der Waals surface area contributed by atoms with E-state index in [2.05, 4.69) is 0 Å². The monoisotopic (exact) mass is 337 g/mol. The number of carboxylic acid groups (broad SMARTS) is 1. The van der Waals surface area contributed by atoms with Crippen LogP contribution in [0.1, 0.15) is 16.4 Å². The molecule has 1 N–H and O–H groups in total. The third kappa shape index (κ3) is 3.59. The number of rotatable bonds is 7. The van der Waals surface area contributed by atoms with Crippen LogP contribution in [0.3, 0.4) is 0 Å². The molecular formula is C15H15NO6S. The van der Waals surface area contributed by atoms with Crippen molar-refractivity contribution in [2.45, 2.75) is 12.3 Å². The normalized spacial score (nSPS) is 11.7. The van der Waals surface area contributed by atoms with Gasteiger partial charge in [-0.25, -0.2) is 0 Å². The van der Waals surface area contributed by atoms with Crippen LogP contribution < -0.4 is 9.47 Å². The number of hydrogen-bond donors (Lipinski definition) is 1. The molecule has 7 nitrogen and oxygen atoms in total. The number of ether oxygens (including phenoxy) is 2. The maximum atomic E-state index is 11.5. The number of carboxylic acids is 1. The molecule has 2 aromatic rings. The Balaban J connectivity index is 2.44. The van der Waals surface area contributed by atoms with Crippen LogP contribution >= 0.6 is 11.3 Å². The Labute approximate surface area is 136 Å². The second-order valence-electron chi connectivity index (χ2n) is 4.72. The van der Waals surface area contributed by atoms with Crippen LogP contribution in [0.25, 0.3) is 0 Å². The molecule has 8 heteroatoms. The van der Waals surface area contributed by atoms with Crippen LogP contribution in [-0.2, 0) is 11.2 Å². The summed E-state index contributed by atoms with van der Waals surface area (Å²) in [6.07, 6.45) is 0.122. The quantitative estimate of drug-likeness (QED) is 0.616. The second kappa shape index (κ2) is 7.10. The van der Waals surface area contributed by atoms with E-state index >= 15 is 0 Å². The Morgan fingerprint density at radius 3 is 2.61 bits per heavy atom. The van der Waals surface area contributed by atoms with E-state index < -0.39 is 16.8 Å². The number of hydrogen-bond acceptors (Lipinski definition) is 6. The summed E-state index contributed by atoms with van der Waals surface area (Å²) in [5, 5.41) is 22.4. The van der Waals surface area contributed by atoms with Crippen molar-refractivity contribution < 1.29 is 24.3 Å². The lowest BCUT2D eigenvalue weighted by molar-refractivity contribution is -0.385. The molecule has 1 unspecified atom stereocenters. The molecule has 0 aliphatic carbocycles. The third-order valence-electron chi connectivity index (χ3n) is 3.34. The van der Waals surface area contributed by atoms with E-state index in [9.17, 15) is 20.0 Å². The van der Waals surface area contributed by atoms with Gasteiger partial charge in [0, 0.05) is 10.9 Å². The Kier molecular flexibility index (Phi) is 5.17. The highest BCUT2D eigenvalue weighted by Crippen LogP contribution is 2.39. The minimum Gasteiger partial charge on any atom is -0.493 e. The van der Waals surface area contributed by atoms with Crippen molar-refractivity contribution in [3.05, 3.63) is 50.2 Å². The zero-order valence-electron chi connectivity index (χ0n) is 12.5. The molecule has 0 saturated carbocycles. The van der Waals surface area contributed by atoms with Gasteiger partial charge in [-0.2, -0.15) is 0 Å². The van der Waals surface area contributed by atoms with E-state index in [0.717, 1.165) is 0 Å². The van der Waals surface area contributed by atoms with Crippen LogP contribution in [0.4, 0.5) is 5.69 Å². The van der Waals surface area contributed by atoms with Crippen molar-refractivity contribution in [3.8, 4) is 11.5 Å². The number of benzene rings is 1. The highest BCUT2D eigenvalue weighted by molar-refractivity contribution is 7.10. The molecule has 0 aliphatic rings. The number of nitro benzene ring substituents is 1. The molecule has 0 spiro atoms. The number of thiophene rings is 1. The number of nitro groups is 1. The molecular weight excluding hydrogens is 322 g/mol. The van der Waals surface area contributed by atoms with Crippen molar-refractivity contribution >= 4 is 23.0 Å². The Hall–Kier alpha value is -2.61. The maximum absolute atomic E-state index is 11.5. The lowest BCUT2D eigenvalue weighted by atomic mass is 9.97. The largest absolute Gasteiger partial charge is 0.493 e. The fourth-order valence-corrected chi connectivity index (χ4v) is 3.11. The van der Waals surface area contributed by atoms with Gasteiger partial charge >= 0.3 is 11.7 Å². The zero-order chi connectivity index (χ0) is 17.0. The summed E-state index contributed by atoms with van der Waals surface area (Å²) in [4.78, 5) is 22.8. The zero-order valence-corrected chi connectivity index (χ0v) is 13.3. The molecule has 0 bridgehead atoms. The molecule has 122 valence electrons. The van der Waals surface area contributed by atoms with Crippen molar-refractivity contribution in [2.75, 3.05) is 14.2 Å². The van der Waals surface area contributed by atoms with Crippen molar-refractivity contribution in [3.63, 3.8) is 0 Å². The maximum Gasteiger partial charge on any atom is 0.315 e. The lowest BCUT2D eigenvalue weighted by Gasteiger charge is -2.13. The topological polar surface area (TPSA) is 98.9 Å². The molecule has 1 atom stereocenters. The van der Waals surface area contributed by atoms with Gasteiger partial charge in [0.25, 0.3) is 0 Å². The van der Waals surface area contributed by atoms with Crippen molar-refractivity contribution in [2.24, 2.45) is 0 Å². The first-order chi connectivity index (χ1) is 11.0. The predicted molar refractivity (Wildman–Crippen MR) is 84.6 cm³/mol. The highest BCUT2D eigenvalue weighted by Gasteiger charge is 2.26. The fraction of sp³-hybridized carbons (Fsp3) is 0.267. The van der Waals surface area contributed by atoms with Crippen LogP contribution in [0, 0.1) is 10.1 Å². The molecule has 0 radical (unpaired) electrons. The van der Waals surface area contributed by atoms with Crippen molar-refractivity contribution in [1.82, 2.24) is 0 Å². The van der Waals surface area contributed by atoms with E-state index in [1.807, 2.05) is 0 Å². The Bertz CT molecular complexity index is 713. The molecule has 0 saturated heterocycles. The number of aliphatic carboxylic acids is 1. The minimum atomic E-state index is -0.982. The summed E-state index contributed by atoms with van der Waals surface area (Å²) in [7, 11) is 2.69. The van der Waals surface area contributed by atoms with E-state index in [1.165, 1.54) is 31.6 Å². The minimum absolute atomic E-state index is 0.0178. The molecule has 1 aromatic carbocycles. The average molecular weight is 337 g/mol. The summed E-state index contributed by atoms with van der Waals surface area (Å²) in [5.74, 6) is -1.53. The molecule has 1 aromatic heterocycles. The van der Waals surface area contributed by atoms with Gasteiger partial charge in [-0.05, 0) is 29.5 Å². The molecule has 23 heavy (non-hydrogen) atoms. The third-order valence-corrected chi connectivity index (χ3v) is 4.33. The number of methoxy groups -OCH3 is 2. The molecule has 0 amide bonds. The molecule has 0 aliphatic heterocycles. The first-order valence-electron chi connectivity index (χ1n) is 6.63. The smallest absolute Gasteiger partial charge is 0.315 e. The van der Waals surface area contributed by atoms with Crippen LogP contribution in [-0.4, -0.2) is 30.2 Å². The van der Waals surface area contributed by atoms with Gasteiger partial charge in [0.15, 0.2) is 5.75 Å². The first-order valence-corrected chi connectivity index (χ1v) is 7.51. The Morgan fingerprint density at radius 2 is 2.13 bits per heavy atom. The van der Waals surface area contributed by atoms with E-state index in [0.29, 0.717) is 10.4 Å². The molecule has 2 rings (SSSR count). The summed E-state index contributed by atoms with van der Waals surface area (Å²) >= 11 is 1.34. The van der Waals surface area contributed by atoms with Gasteiger partial charge in [0.05, 0.1) is 25.1 Å². The van der Waals surface area contributed by atoms with Crippen LogP contribution in [0.15, 0.2) is 29.6 Å². The first kappa shape index (κ1) is 16.8. The summed E-state index contributed by atoms with van der Waals surface area (Å²) < 4.78 is 10.2. The van der Waals surface area contributed by atoms with E-state index in [1.54, 1.807) is 23.6 Å². The number of carbonyl (C=O) groups is 1. The van der Waals surface area contributed by atoms with E-state index in [-0.39, 0.29) is 23.6 Å². The molecule has 0 fully saturated rings. The van der Waals surface area contributed by atoms with Gasteiger partial charge in [0.1, 0.15) is 0 Å². The Morgan fingerprint density at radius 1 is 1.39 bits per heavy atom. The van der Waals surface area contributed by atoms with Crippen LogP contribution in [0.2, 0.25) is 0 Å². The van der Waals surface area contributed by atoms with Crippen LogP contribution in [0.5, 0.6) is 11.5 Å². The fourth-order valence-electron chi connectivity index (χ4n) is 2.29. The van der Waals surface area contributed by atoms with Gasteiger partial charge in [0.2, 0.25) is 5.75 Å². The van der Waals surface area contributed by atoms with Gasteiger partial charge in [-0.1, -0.05) is 6.07 Å². The second-order valence-corrected chi connectivity index (χ2v) is 5.70. The summed E-state index contributed by atoms with van der Waals surface area (Å²) in [6, 6.07) is 6.39. The van der Waals surface area contributed by atoms with Gasteiger partial charge in [-0.3, -0.25) is 14.9 Å². The summed E-state index contributed by atoms with van der Waals surface area (Å²) in [6.45, 7) is 0. The number of nitrogens with zero attached hydrogens (tertiary/aromatic N) is 1. The van der Waals surface area contributed by atoms with E-state index in [4.69, 9.17) is 9.47 Å². The molecule has 1 heterocycles. The summed E-state index contributed by atoms with van der Waals surface area (Å²) in [5.41, 5.74) is 0.243. The predicted octanol–water partition coefficient (Wildman–Crippen LogP) is 3.08. The van der Waals surface area contributed by atoms with Crippen molar-refractivity contribution in [1.29, 1.82) is 0 Å². The standard InChI is InChI=1S/C15H15NO6S/c1-21-12-8-9(7-11(16(19)20)14(12)22-2)6-10(15(17)18)13-4-3-5-23-13/h3-5,7-8,10H,6H2,1-2H3,(H,17,18). The highest BCUT2D eigenvalue weighted by atomic mass is 32.1.